The number of halogens is 1. The van der Waals surface area contributed by atoms with Crippen LogP contribution in [0.15, 0.2) is 29.3 Å². The number of benzene rings is 1. The van der Waals surface area contributed by atoms with Crippen LogP contribution in [0.4, 0.5) is 0 Å². The van der Waals surface area contributed by atoms with Crippen LogP contribution < -0.4 is 11.1 Å². The summed E-state index contributed by atoms with van der Waals surface area (Å²) in [6.45, 7) is 9.82. The maximum absolute atomic E-state index is 13.0. The number of hydrogen-bond acceptors (Lipinski definition) is 9. The van der Waals surface area contributed by atoms with Crippen molar-refractivity contribution in [1.29, 1.82) is 0 Å². The number of carbonyl (C=O) groups excluding carboxylic acids is 1. The Morgan fingerprint density at radius 2 is 1.69 bits per heavy atom. The lowest BCUT2D eigenvalue weighted by molar-refractivity contribution is -0.121. The molecule has 0 spiro atoms. The maximum atomic E-state index is 13.0. The summed E-state index contributed by atoms with van der Waals surface area (Å²) in [7, 11) is 0. The van der Waals surface area contributed by atoms with Crippen molar-refractivity contribution in [2.75, 3.05) is 52.7 Å². The van der Waals surface area contributed by atoms with E-state index in [1.165, 1.54) is 4.88 Å². The number of carbonyl (C=O) groups is 1. The first-order chi connectivity index (χ1) is 18.9. The summed E-state index contributed by atoms with van der Waals surface area (Å²) in [4.78, 5) is 19.3. The number of aryl methyl sites for hydroxylation is 2. The van der Waals surface area contributed by atoms with Gasteiger partial charge in [-0.1, -0.05) is 23.7 Å². The fraction of sp³-hybridized carbons (Fsp3) is 0.481. The fourth-order valence-corrected chi connectivity index (χ4v) is 5.61. The largest absolute Gasteiger partial charge is 0.378 e. The smallest absolute Gasteiger partial charge is 0.222 e. The average Bonchev–Trinajstić information content (AvgIpc) is 3.39. The van der Waals surface area contributed by atoms with Crippen LogP contribution >= 0.6 is 22.9 Å². The standard InChI is InChI=1S/C27H35ClN6O4S/c1-17-18(2)39-27-24(17)25(20-4-6-21(28)7-5-20)31-22(26-33-32-19(3)34(26)27)16-23(35)30-9-11-37-13-15-38-14-12-36-10-8-29/h4-7,22H,8-16,29H2,1-3H3,(H,30,35)/t22-/m0/s1. The van der Waals surface area contributed by atoms with E-state index in [1.807, 2.05) is 35.8 Å². The number of ether oxygens (including phenoxy) is 3. The Kier molecular flexibility index (Phi) is 10.6. The molecule has 0 radical (unpaired) electrons. The molecule has 1 aromatic carbocycles. The molecule has 3 heterocycles. The Morgan fingerprint density at radius 3 is 2.38 bits per heavy atom. The van der Waals surface area contributed by atoms with E-state index in [-0.39, 0.29) is 12.3 Å². The van der Waals surface area contributed by atoms with Gasteiger partial charge in [0.25, 0.3) is 0 Å². The molecule has 0 saturated carbocycles. The van der Waals surface area contributed by atoms with Crippen LogP contribution in [0.25, 0.3) is 5.00 Å². The van der Waals surface area contributed by atoms with E-state index in [1.54, 1.807) is 11.3 Å². The van der Waals surface area contributed by atoms with E-state index in [4.69, 9.17) is 36.5 Å². The Labute approximate surface area is 237 Å². The summed E-state index contributed by atoms with van der Waals surface area (Å²) < 4.78 is 18.3. The highest BCUT2D eigenvalue weighted by Crippen LogP contribution is 2.39. The van der Waals surface area contributed by atoms with Crippen LogP contribution in [0.2, 0.25) is 5.02 Å². The van der Waals surface area contributed by atoms with Crippen LogP contribution in [0.5, 0.6) is 0 Å². The molecule has 1 aliphatic rings. The molecule has 1 amide bonds. The average molecular weight is 575 g/mol. The molecule has 210 valence electrons. The highest BCUT2D eigenvalue weighted by Gasteiger charge is 2.32. The number of thiophene rings is 1. The summed E-state index contributed by atoms with van der Waals surface area (Å²) in [6.07, 6.45) is 0.133. The highest BCUT2D eigenvalue weighted by atomic mass is 35.5. The number of aromatic nitrogens is 3. The number of rotatable bonds is 14. The third kappa shape index (κ3) is 7.30. The van der Waals surface area contributed by atoms with Gasteiger partial charge in [0, 0.05) is 34.1 Å². The van der Waals surface area contributed by atoms with Gasteiger partial charge in [0.2, 0.25) is 5.91 Å². The van der Waals surface area contributed by atoms with E-state index in [0.717, 1.165) is 33.2 Å². The van der Waals surface area contributed by atoms with E-state index in [2.05, 4.69) is 29.4 Å². The number of aliphatic imine (C=N–C) groups is 1. The van der Waals surface area contributed by atoms with Crippen LogP contribution in [-0.4, -0.2) is 79.1 Å². The Hall–Kier alpha value is -2.67. The zero-order valence-corrected chi connectivity index (χ0v) is 24.1. The summed E-state index contributed by atoms with van der Waals surface area (Å²) >= 11 is 7.85. The number of nitrogens with one attached hydrogen (secondary N) is 1. The minimum absolute atomic E-state index is 0.133. The minimum Gasteiger partial charge on any atom is -0.378 e. The van der Waals surface area contributed by atoms with Gasteiger partial charge in [0.1, 0.15) is 16.9 Å². The monoisotopic (exact) mass is 574 g/mol. The quantitative estimate of drug-likeness (QED) is 0.283. The number of nitrogens with two attached hydrogens (primary N) is 1. The molecule has 3 aromatic rings. The van der Waals surface area contributed by atoms with Crippen molar-refractivity contribution >= 4 is 34.6 Å². The first-order valence-electron chi connectivity index (χ1n) is 13.0. The Balaban J connectivity index is 1.42. The Morgan fingerprint density at radius 1 is 1.03 bits per heavy atom. The molecule has 1 atom stereocenters. The van der Waals surface area contributed by atoms with Crippen molar-refractivity contribution in [3.63, 3.8) is 0 Å². The van der Waals surface area contributed by atoms with E-state index < -0.39 is 6.04 Å². The SMILES string of the molecule is Cc1sc2c(c1C)C(c1ccc(Cl)cc1)=N[C@@H](CC(=O)NCCOCCOCCOCCN)c1nnc(C)n1-2. The topological polar surface area (TPSA) is 126 Å². The molecule has 0 unspecified atom stereocenters. The van der Waals surface area contributed by atoms with Gasteiger partial charge in [-0.25, -0.2) is 0 Å². The van der Waals surface area contributed by atoms with Crippen LogP contribution in [0, 0.1) is 20.8 Å². The summed E-state index contributed by atoms with van der Waals surface area (Å²) in [5.41, 5.74) is 9.31. The van der Waals surface area contributed by atoms with Gasteiger partial charge in [0.05, 0.1) is 51.8 Å². The van der Waals surface area contributed by atoms with Crippen molar-refractivity contribution < 1.29 is 19.0 Å². The predicted octanol–water partition coefficient (Wildman–Crippen LogP) is 3.31. The highest BCUT2D eigenvalue weighted by molar-refractivity contribution is 7.15. The van der Waals surface area contributed by atoms with Gasteiger partial charge >= 0.3 is 0 Å². The lowest BCUT2D eigenvalue weighted by Gasteiger charge is -2.13. The first kappa shape index (κ1) is 29.3. The number of fused-ring (bicyclic) bond motifs is 3. The zero-order chi connectivity index (χ0) is 27.8. The Bertz CT molecular complexity index is 1290. The van der Waals surface area contributed by atoms with E-state index in [9.17, 15) is 4.79 Å². The summed E-state index contributed by atoms with van der Waals surface area (Å²) in [5, 5.41) is 13.4. The normalized spacial score (nSPS) is 14.5. The van der Waals surface area contributed by atoms with Crippen LogP contribution in [0.1, 0.15) is 45.7 Å². The van der Waals surface area contributed by atoms with Gasteiger partial charge in [-0.05, 0) is 38.5 Å². The third-order valence-electron chi connectivity index (χ3n) is 6.31. The third-order valence-corrected chi connectivity index (χ3v) is 7.76. The molecule has 0 bridgehead atoms. The zero-order valence-electron chi connectivity index (χ0n) is 22.5. The molecule has 39 heavy (non-hydrogen) atoms. The van der Waals surface area contributed by atoms with Crippen molar-refractivity contribution in [3.8, 4) is 5.00 Å². The van der Waals surface area contributed by atoms with Gasteiger partial charge in [0.15, 0.2) is 5.82 Å². The summed E-state index contributed by atoms with van der Waals surface area (Å²) in [5.74, 6) is 1.27. The fourth-order valence-electron chi connectivity index (χ4n) is 4.27. The molecule has 1 aliphatic heterocycles. The van der Waals surface area contributed by atoms with Crippen LogP contribution in [-0.2, 0) is 19.0 Å². The molecule has 0 saturated heterocycles. The second-order valence-electron chi connectivity index (χ2n) is 9.08. The molecule has 0 fully saturated rings. The van der Waals surface area contributed by atoms with Crippen molar-refractivity contribution in [2.24, 2.45) is 10.7 Å². The van der Waals surface area contributed by atoms with Gasteiger partial charge in [-0.3, -0.25) is 14.4 Å². The second-order valence-corrected chi connectivity index (χ2v) is 10.7. The number of amides is 1. The molecule has 0 aliphatic carbocycles. The van der Waals surface area contributed by atoms with Crippen molar-refractivity contribution in [3.05, 3.63) is 62.5 Å². The second kappa shape index (κ2) is 14.1. The predicted molar refractivity (Wildman–Crippen MR) is 152 cm³/mol. The molecular formula is C27H35ClN6O4S. The lowest BCUT2D eigenvalue weighted by atomic mass is 9.99. The molecular weight excluding hydrogens is 540 g/mol. The van der Waals surface area contributed by atoms with Gasteiger partial charge in [-0.15, -0.1) is 21.5 Å². The van der Waals surface area contributed by atoms with E-state index >= 15 is 0 Å². The molecule has 2 aromatic heterocycles. The van der Waals surface area contributed by atoms with Crippen LogP contribution in [0.3, 0.4) is 0 Å². The minimum atomic E-state index is -0.507. The lowest BCUT2D eigenvalue weighted by Crippen LogP contribution is -2.29. The molecule has 4 rings (SSSR count). The van der Waals surface area contributed by atoms with Crippen molar-refractivity contribution in [1.82, 2.24) is 20.1 Å². The number of nitrogens with zero attached hydrogens (tertiary/aromatic N) is 4. The van der Waals surface area contributed by atoms with Gasteiger partial charge < -0.3 is 25.3 Å². The first-order valence-corrected chi connectivity index (χ1v) is 14.2. The molecule has 12 heteroatoms. The molecule has 10 nitrogen and oxygen atoms in total. The van der Waals surface area contributed by atoms with Gasteiger partial charge in [-0.2, -0.15) is 0 Å². The van der Waals surface area contributed by atoms with Crippen molar-refractivity contribution in [2.45, 2.75) is 33.2 Å². The molecule has 3 N–H and O–H groups in total. The van der Waals surface area contributed by atoms with E-state index in [0.29, 0.717) is 63.6 Å². The maximum Gasteiger partial charge on any atom is 0.222 e. The number of hydrogen-bond donors (Lipinski definition) is 2. The summed E-state index contributed by atoms with van der Waals surface area (Å²) in [6, 6.07) is 7.12.